The first-order valence-corrected chi connectivity index (χ1v) is 4.53. The number of aliphatic hydroxyl groups excluding tert-OH is 1. The average Bonchev–Trinajstić information content (AvgIpc) is 2.33. The van der Waals surface area contributed by atoms with Crippen LogP contribution in [0.4, 0.5) is 0 Å². The number of Topliss-reactive ketones (excluding diaryl/α,β-unsaturated/α-hetero) is 1. The zero-order chi connectivity index (χ0) is 7.56. The SMILES string of the molecule is CC(=O)C1SCCC1CO. The van der Waals surface area contributed by atoms with Crippen LogP contribution in [-0.4, -0.2) is 28.5 Å². The van der Waals surface area contributed by atoms with E-state index in [1.54, 1.807) is 18.7 Å². The van der Waals surface area contributed by atoms with Crippen LogP contribution in [0.3, 0.4) is 0 Å². The number of hydrogen-bond donors (Lipinski definition) is 1. The Morgan fingerprint density at radius 1 is 1.80 bits per heavy atom. The van der Waals surface area contributed by atoms with Crippen LogP contribution >= 0.6 is 11.8 Å². The molecule has 0 aromatic rings. The molecule has 2 nitrogen and oxygen atoms in total. The van der Waals surface area contributed by atoms with Crippen molar-refractivity contribution in [1.82, 2.24) is 0 Å². The van der Waals surface area contributed by atoms with Crippen LogP contribution in [0.15, 0.2) is 0 Å². The Kier molecular flexibility index (Phi) is 2.74. The molecular formula is C7H12O2S. The molecule has 0 bridgehead atoms. The fourth-order valence-electron chi connectivity index (χ4n) is 1.27. The molecule has 0 spiro atoms. The molecule has 0 radical (unpaired) electrons. The number of aliphatic hydroxyl groups is 1. The molecule has 1 rings (SSSR count). The number of ketones is 1. The molecule has 1 N–H and O–H groups in total. The van der Waals surface area contributed by atoms with Gasteiger partial charge in [0.15, 0.2) is 0 Å². The molecule has 1 saturated heterocycles. The van der Waals surface area contributed by atoms with E-state index in [9.17, 15) is 4.79 Å². The molecular weight excluding hydrogens is 148 g/mol. The summed E-state index contributed by atoms with van der Waals surface area (Å²) in [5, 5.41) is 8.89. The Hall–Kier alpha value is -0.0200. The lowest BCUT2D eigenvalue weighted by Gasteiger charge is -2.11. The molecule has 0 aliphatic carbocycles. The predicted molar refractivity (Wildman–Crippen MR) is 42.1 cm³/mol. The number of rotatable bonds is 2. The summed E-state index contributed by atoms with van der Waals surface area (Å²) < 4.78 is 0. The van der Waals surface area contributed by atoms with E-state index >= 15 is 0 Å². The van der Waals surface area contributed by atoms with Crippen molar-refractivity contribution in [3.05, 3.63) is 0 Å². The first-order chi connectivity index (χ1) is 4.75. The zero-order valence-electron chi connectivity index (χ0n) is 6.04. The van der Waals surface area contributed by atoms with Gasteiger partial charge in [-0.25, -0.2) is 0 Å². The molecule has 1 aliphatic rings. The van der Waals surface area contributed by atoms with Crippen LogP contribution < -0.4 is 0 Å². The van der Waals surface area contributed by atoms with Gasteiger partial charge >= 0.3 is 0 Å². The van der Waals surface area contributed by atoms with E-state index in [1.165, 1.54) is 0 Å². The number of thioether (sulfide) groups is 1. The minimum Gasteiger partial charge on any atom is -0.396 e. The number of hydrogen-bond acceptors (Lipinski definition) is 3. The lowest BCUT2D eigenvalue weighted by atomic mass is 10.0. The van der Waals surface area contributed by atoms with Crippen LogP contribution in [0.1, 0.15) is 13.3 Å². The van der Waals surface area contributed by atoms with Crippen molar-refractivity contribution in [3.63, 3.8) is 0 Å². The second kappa shape index (κ2) is 3.39. The smallest absolute Gasteiger partial charge is 0.143 e. The van der Waals surface area contributed by atoms with Crippen molar-refractivity contribution in [3.8, 4) is 0 Å². The third-order valence-corrected chi connectivity index (χ3v) is 3.40. The first-order valence-electron chi connectivity index (χ1n) is 3.48. The van der Waals surface area contributed by atoms with E-state index in [4.69, 9.17) is 5.11 Å². The van der Waals surface area contributed by atoms with Gasteiger partial charge in [0.05, 0.1) is 5.25 Å². The van der Waals surface area contributed by atoms with E-state index in [1.807, 2.05) is 0 Å². The van der Waals surface area contributed by atoms with Gasteiger partial charge in [0.25, 0.3) is 0 Å². The highest BCUT2D eigenvalue weighted by atomic mass is 32.2. The highest BCUT2D eigenvalue weighted by molar-refractivity contribution is 8.00. The minimum absolute atomic E-state index is 0.0741. The molecule has 1 fully saturated rings. The molecule has 1 aliphatic heterocycles. The maximum atomic E-state index is 10.9. The highest BCUT2D eigenvalue weighted by Gasteiger charge is 2.30. The number of carbonyl (C=O) groups excluding carboxylic acids is 1. The van der Waals surface area contributed by atoms with Gasteiger partial charge in [-0.05, 0) is 19.1 Å². The lowest BCUT2D eigenvalue weighted by Crippen LogP contribution is -2.22. The van der Waals surface area contributed by atoms with Gasteiger partial charge in [-0.2, -0.15) is 11.8 Å². The Morgan fingerprint density at radius 3 is 2.90 bits per heavy atom. The maximum Gasteiger partial charge on any atom is 0.143 e. The Labute approximate surface area is 65.0 Å². The van der Waals surface area contributed by atoms with Gasteiger partial charge in [-0.1, -0.05) is 0 Å². The molecule has 0 aromatic carbocycles. The summed E-state index contributed by atoms with van der Waals surface area (Å²) in [6.45, 7) is 1.77. The summed E-state index contributed by atoms with van der Waals surface area (Å²) >= 11 is 1.67. The van der Waals surface area contributed by atoms with Crippen molar-refractivity contribution in [2.75, 3.05) is 12.4 Å². The highest BCUT2D eigenvalue weighted by Crippen LogP contribution is 2.32. The summed E-state index contributed by atoms with van der Waals surface area (Å²) in [5.41, 5.74) is 0. The molecule has 10 heavy (non-hydrogen) atoms. The molecule has 1 heterocycles. The molecule has 0 amide bonds. The van der Waals surface area contributed by atoms with Crippen molar-refractivity contribution < 1.29 is 9.90 Å². The second-order valence-corrected chi connectivity index (χ2v) is 3.88. The molecule has 3 heteroatoms. The summed E-state index contributed by atoms with van der Waals surface area (Å²) in [5.74, 6) is 1.46. The van der Waals surface area contributed by atoms with Gasteiger partial charge in [0.1, 0.15) is 5.78 Å². The normalized spacial score (nSPS) is 32.6. The molecule has 0 aromatic heterocycles. The maximum absolute atomic E-state index is 10.9. The lowest BCUT2D eigenvalue weighted by molar-refractivity contribution is -0.117. The summed E-state index contributed by atoms with van der Waals surface area (Å²) in [4.78, 5) is 10.9. The monoisotopic (exact) mass is 160 g/mol. The molecule has 58 valence electrons. The third kappa shape index (κ3) is 1.52. The summed E-state index contributed by atoms with van der Waals surface area (Å²) in [6, 6.07) is 0. The standard InChI is InChI=1S/C7H12O2S/c1-5(9)7-6(4-8)2-3-10-7/h6-8H,2-4H2,1H3. The van der Waals surface area contributed by atoms with Crippen molar-refractivity contribution in [1.29, 1.82) is 0 Å². The van der Waals surface area contributed by atoms with Gasteiger partial charge in [0, 0.05) is 12.5 Å². The van der Waals surface area contributed by atoms with Crippen molar-refractivity contribution in [2.45, 2.75) is 18.6 Å². The fourth-order valence-corrected chi connectivity index (χ4v) is 2.69. The topological polar surface area (TPSA) is 37.3 Å². The van der Waals surface area contributed by atoms with Crippen LogP contribution in [0.25, 0.3) is 0 Å². The quantitative estimate of drug-likeness (QED) is 0.645. The Balaban J connectivity index is 2.50. The molecule has 2 unspecified atom stereocenters. The average molecular weight is 160 g/mol. The van der Waals surface area contributed by atoms with Crippen LogP contribution in [0.2, 0.25) is 0 Å². The minimum atomic E-state index is 0.0741. The molecule has 2 atom stereocenters. The van der Waals surface area contributed by atoms with E-state index < -0.39 is 0 Å². The third-order valence-electron chi connectivity index (χ3n) is 1.85. The van der Waals surface area contributed by atoms with Crippen molar-refractivity contribution in [2.24, 2.45) is 5.92 Å². The van der Waals surface area contributed by atoms with Gasteiger partial charge in [-0.15, -0.1) is 0 Å². The Bertz CT molecular complexity index is 136. The van der Waals surface area contributed by atoms with Gasteiger partial charge < -0.3 is 5.11 Å². The second-order valence-electron chi connectivity index (χ2n) is 2.63. The van der Waals surface area contributed by atoms with Gasteiger partial charge in [0.2, 0.25) is 0 Å². The van der Waals surface area contributed by atoms with Gasteiger partial charge in [-0.3, -0.25) is 4.79 Å². The largest absolute Gasteiger partial charge is 0.396 e. The van der Waals surface area contributed by atoms with Crippen LogP contribution in [0.5, 0.6) is 0 Å². The van der Waals surface area contributed by atoms with Crippen LogP contribution in [0, 0.1) is 5.92 Å². The van der Waals surface area contributed by atoms with Crippen molar-refractivity contribution >= 4 is 17.5 Å². The Morgan fingerprint density at radius 2 is 2.50 bits per heavy atom. The predicted octanol–water partition coefficient (Wildman–Crippen LogP) is 0.689. The fraction of sp³-hybridized carbons (Fsp3) is 0.857. The van der Waals surface area contributed by atoms with E-state index in [0.717, 1.165) is 12.2 Å². The zero-order valence-corrected chi connectivity index (χ0v) is 6.86. The van der Waals surface area contributed by atoms with E-state index in [0.29, 0.717) is 0 Å². The first kappa shape index (κ1) is 8.08. The molecule has 0 saturated carbocycles. The van der Waals surface area contributed by atoms with E-state index in [2.05, 4.69) is 0 Å². The summed E-state index contributed by atoms with van der Waals surface area (Å²) in [6.07, 6.45) is 0.991. The number of carbonyl (C=O) groups is 1. The summed E-state index contributed by atoms with van der Waals surface area (Å²) in [7, 11) is 0. The van der Waals surface area contributed by atoms with E-state index in [-0.39, 0.29) is 23.6 Å². The van der Waals surface area contributed by atoms with Crippen LogP contribution in [-0.2, 0) is 4.79 Å².